The van der Waals surface area contributed by atoms with Gasteiger partial charge < -0.3 is 4.74 Å². The molecule has 0 radical (unpaired) electrons. The van der Waals surface area contributed by atoms with E-state index in [0.717, 1.165) is 27.3 Å². The van der Waals surface area contributed by atoms with Crippen molar-refractivity contribution in [3.8, 4) is 5.75 Å². The lowest BCUT2D eigenvalue weighted by atomic mass is 9.81. The first kappa shape index (κ1) is 22.7. The minimum Gasteiger partial charge on any atom is -0.457 e. The molecule has 0 bridgehead atoms. The van der Waals surface area contributed by atoms with Crippen LogP contribution in [-0.4, -0.2) is 5.78 Å². The summed E-state index contributed by atoms with van der Waals surface area (Å²) in [6.07, 6.45) is 3.54. The van der Waals surface area contributed by atoms with Gasteiger partial charge in [-0.15, -0.1) is 0 Å². The van der Waals surface area contributed by atoms with Gasteiger partial charge in [0.1, 0.15) is 11.5 Å². The van der Waals surface area contributed by atoms with Gasteiger partial charge in [-0.1, -0.05) is 91.7 Å². The zero-order valence-electron chi connectivity index (χ0n) is 19.2. The molecule has 0 N–H and O–H groups in total. The molecular formula is C32H24O2S. The van der Waals surface area contributed by atoms with Crippen molar-refractivity contribution in [2.45, 2.75) is 15.7 Å². The van der Waals surface area contributed by atoms with Crippen LogP contribution in [0, 0.1) is 0 Å². The number of rotatable bonds is 7. The third-order valence-electron chi connectivity index (χ3n) is 6.05. The number of allylic oxidation sites excluding steroid dienone is 3. The Hall–Kier alpha value is -4.08. The van der Waals surface area contributed by atoms with E-state index in [-0.39, 0.29) is 11.7 Å². The molecule has 35 heavy (non-hydrogen) atoms. The van der Waals surface area contributed by atoms with Gasteiger partial charge in [-0.25, -0.2) is 0 Å². The second kappa shape index (κ2) is 10.0. The fourth-order valence-electron chi connectivity index (χ4n) is 4.33. The second-order valence-corrected chi connectivity index (χ2v) is 9.34. The Morgan fingerprint density at radius 1 is 0.714 bits per heavy atom. The lowest BCUT2D eigenvalue weighted by Crippen LogP contribution is -2.15. The Balaban J connectivity index is 1.40. The van der Waals surface area contributed by atoms with Gasteiger partial charge >= 0.3 is 0 Å². The van der Waals surface area contributed by atoms with E-state index in [0.29, 0.717) is 16.9 Å². The van der Waals surface area contributed by atoms with Crippen molar-refractivity contribution in [3.05, 3.63) is 162 Å². The van der Waals surface area contributed by atoms with Crippen LogP contribution in [0.4, 0.5) is 0 Å². The Bertz CT molecular complexity index is 1410. The molecular weight excluding hydrogens is 448 g/mol. The van der Waals surface area contributed by atoms with Crippen LogP contribution in [0.3, 0.4) is 0 Å². The normalized spacial score (nSPS) is 14.6. The molecule has 1 aliphatic rings. The van der Waals surface area contributed by atoms with Crippen molar-refractivity contribution in [1.82, 2.24) is 0 Å². The Morgan fingerprint density at radius 2 is 1.31 bits per heavy atom. The monoisotopic (exact) mass is 472 g/mol. The first-order valence-corrected chi connectivity index (χ1v) is 12.2. The average molecular weight is 473 g/mol. The van der Waals surface area contributed by atoms with Crippen molar-refractivity contribution in [2.75, 3.05) is 0 Å². The third-order valence-corrected chi connectivity index (χ3v) is 7.07. The fourth-order valence-corrected chi connectivity index (χ4v) is 5.17. The predicted molar refractivity (Wildman–Crippen MR) is 143 cm³/mol. The quantitative estimate of drug-likeness (QED) is 0.253. The number of hydrogen-bond donors (Lipinski definition) is 0. The molecule has 0 aliphatic carbocycles. The maximum Gasteiger partial charge on any atom is 0.193 e. The van der Waals surface area contributed by atoms with Crippen LogP contribution in [0.2, 0.25) is 0 Å². The molecule has 0 amide bonds. The molecule has 5 rings (SSSR count). The van der Waals surface area contributed by atoms with Crippen molar-refractivity contribution in [2.24, 2.45) is 0 Å². The highest BCUT2D eigenvalue weighted by Crippen LogP contribution is 2.43. The number of ketones is 1. The molecule has 170 valence electrons. The third kappa shape index (κ3) is 4.64. The van der Waals surface area contributed by atoms with Crippen LogP contribution in [0.15, 0.2) is 150 Å². The lowest BCUT2D eigenvalue weighted by molar-refractivity contribution is 0.103. The highest BCUT2D eigenvalue weighted by atomic mass is 32.2. The number of carbonyl (C=O) groups is 1. The number of ether oxygens (including phenoxy) is 1. The van der Waals surface area contributed by atoms with Crippen LogP contribution in [0.1, 0.15) is 33.0 Å². The summed E-state index contributed by atoms with van der Waals surface area (Å²) in [5.41, 5.74) is 4.43. The summed E-state index contributed by atoms with van der Waals surface area (Å²) < 4.78 is 6.04. The maximum absolute atomic E-state index is 13.2. The molecule has 1 unspecified atom stereocenters. The van der Waals surface area contributed by atoms with Gasteiger partial charge in [0, 0.05) is 38.0 Å². The Morgan fingerprint density at radius 3 is 1.97 bits per heavy atom. The van der Waals surface area contributed by atoms with Crippen molar-refractivity contribution in [3.63, 3.8) is 0 Å². The van der Waals surface area contributed by atoms with E-state index in [2.05, 4.69) is 31.4 Å². The summed E-state index contributed by atoms with van der Waals surface area (Å²) in [5.74, 6) is 1.49. The Labute approximate surface area is 210 Å². The molecule has 0 aromatic heterocycles. The smallest absolute Gasteiger partial charge is 0.193 e. The van der Waals surface area contributed by atoms with Crippen LogP contribution >= 0.6 is 11.8 Å². The molecule has 4 aromatic carbocycles. The fraction of sp³-hybridized carbons (Fsp3) is 0.0312. The molecule has 1 atom stereocenters. The Kier molecular flexibility index (Phi) is 6.51. The van der Waals surface area contributed by atoms with Gasteiger partial charge in [0.25, 0.3) is 0 Å². The van der Waals surface area contributed by atoms with Crippen molar-refractivity contribution < 1.29 is 9.53 Å². The van der Waals surface area contributed by atoms with E-state index >= 15 is 0 Å². The van der Waals surface area contributed by atoms with Gasteiger partial charge in [0.15, 0.2) is 5.78 Å². The molecule has 0 saturated heterocycles. The zero-order chi connectivity index (χ0) is 24.2. The predicted octanol–water partition coefficient (Wildman–Crippen LogP) is 8.22. The molecule has 0 spiro atoms. The van der Waals surface area contributed by atoms with Crippen LogP contribution in [0.25, 0.3) is 0 Å². The standard InChI is InChI=1S/C32H24O2S/c1-3-27-29(4-2)34-30-13-9-8-12-28(30)31(27)22-14-16-23(17-15-22)32(33)24-18-20-26(21-19-24)35-25-10-6-5-7-11-25/h3-21,31H,1-2H2. The van der Waals surface area contributed by atoms with E-state index in [1.54, 1.807) is 17.8 Å². The van der Waals surface area contributed by atoms with Crippen molar-refractivity contribution >= 4 is 17.5 Å². The van der Waals surface area contributed by atoms with Gasteiger partial charge in [0.05, 0.1) is 0 Å². The van der Waals surface area contributed by atoms with Crippen LogP contribution in [-0.2, 0) is 0 Å². The minimum atomic E-state index is -0.0381. The van der Waals surface area contributed by atoms with Crippen molar-refractivity contribution in [1.29, 1.82) is 0 Å². The number of carbonyl (C=O) groups excluding carboxylic acids is 1. The van der Waals surface area contributed by atoms with Gasteiger partial charge in [-0.05, 0) is 54.1 Å². The summed E-state index contributed by atoms with van der Waals surface area (Å²) in [6.45, 7) is 7.92. The van der Waals surface area contributed by atoms with Gasteiger partial charge in [0.2, 0.25) is 0 Å². The summed E-state index contributed by atoms with van der Waals surface area (Å²) in [5, 5.41) is 0. The number of hydrogen-bond acceptors (Lipinski definition) is 3. The van der Waals surface area contributed by atoms with E-state index < -0.39 is 0 Å². The topological polar surface area (TPSA) is 26.3 Å². The minimum absolute atomic E-state index is 0.00598. The van der Waals surface area contributed by atoms with E-state index in [4.69, 9.17) is 4.74 Å². The molecule has 3 heteroatoms. The number of fused-ring (bicyclic) bond motifs is 1. The molecule has 1 aliphatic heterocycles. The second-order valence-electron chi connectivity index (χ2n) is 8.19. The maximum atomic E-state index is 13.2. The molecule has 1 heterocycles. The summed E-state index contributed by atoms with van der Waals surface area (Å²) in [6, 6.07) is 33.8. The highest BCUT2D eigenvalue weighted by molar-refractivity contribution is 7.99. The zero-order valence-corrected chi connectivity index (χ0v) is 20.0. The van der Waals surface area contributed by atoms with E-state index in [1.807, 2.05) is 91.0 Å². The van der Waals surface area contributed by atoms with E-state index in [9.17, 15) is 4.79 Å². The SMILES string of the molecule is C=CC1=C(C=C)C(c2ccc(C(=O)c3ccc(Sc4ccccc4)cc3)cc2)c2ccccc2O1. The first-order chi connectivity index (χ1) is 17.2. The van der Waals surface area contributed by atoms with Gasteiger partial charge in [-0.2, -0.15) is 0 Å². The van der Waals surface area contributed by atoms with Crippen LogP contribution < -0.4 is 4.74 Å². The lowest BCUT2D eigenvalue weighted by Gasteiger charge is -2.29. The highest BCUT2D eigenvalue weighted by Gasteiger charge is 2.28. The summed E-state index contributed by atoms with van der Waals surface area (Å²) >= 11 is 1.68. The molecule has 4 aromatic rings. The van der Waals surface area contributed by atoms with Crippen LogP contribution in [0.5, 0.6) is 5.75 Å². The molecule has 0 saturated carbocycles. The average Bonchev–Trinajstić information content (AvgIpc) is 2.92. The van der Waals surface area contributed by atoms with Gasteiger partial charge in [-0.3, -0.25) is 4.79 Å². The molecule has 0 fully saturated rings. The molecule has 2 nitrogen and oxygen atoms in total. The first-order valence-electron chi connectivity index (χ1n) is 11.4. The summed E-state index contributed by atoms with van der Waals surface area (Å²) in [7, 11) is 0. The summed E-state index contributed by atoms with van der Waals surface area (Å²) in [4.78, 5) is 15.4. The van der Waals surface area contributed by atoms with E-state index in [1.165, 1.54) is 4.90 Å². The largest absolute Gasteiger partial charge is 0.457 e. The number of benzene rings is 4. The number of para-hydroxylation sites is 1.